The highest BCUT2D eigenvalue weighted by Gasteiger charge is 2.13. The van der Waals surface area contributed by atoms with Crippen LogP contribution in [-0.4, -0.2) is 9.97 Å². The Morgan fingerprint density at radius 2 is 2.00 bits per heavy atom. The van der Waals surface area contributed by atoms with Gasteiger partial charge in [-0.15, -0.1) is 0 Å². The molecule has 1 N–H and O–H groups in total. The van der Waals surface area contributed by atoms with Crippen LogP contribution in [0.15, 0.2) is 22.9 Å². The van der Waals surface area contributed by atoms with Crippen LogP contribution in [0.1, 0.15) is 18.9 Å². The van der Waals surface area contributed by atoms with Gasteiger partial charge in [-0.3, -0.25) is 0 Å². The molecule has 3 nitrogen and oxygen atoms in total. The third-order valence-corrected chi connectivity index (χ3v) is 3.59. The summed E-state index contributed by atoms with van der Waals surface area (Å²) < 4.78 is 27.1. The minimum atomic E-state index is -0.706. The maximum atomic E-state index is 13.7. The predicted molar refractivity (Wildman–Crippen MR) is 78.4 cm³/mol. The molecule has 0 unspecified atom stereocenters. The van der Waals surface area contributed by atoms with Gasteiger partial charge in [0.05, 0.1) is 10.2 Å². The second-order valence-electron chi connectivity index (χ2n) is 4.11. The Labute approximate surface area is 128 Å². The number of nitrogens with one attached hydrogen (secondary N) is 1. The van der Waals surface area contributed by atoms with E-state index in [1.807, 2.05) is 6.92 Å². The first-order chi connectivity index (χ1) is 9.52. The predicted octanol–water partition coefficient (Wildman–Crippen LogP) is 4.87. The van der Waals surface area contributed by atoms with Gasteiger partial charge in [0.25, 0.3) is 0 Å². The standard InChI is InChI=1S/C13H11BrClF2N3/c1-2-3-7-12(15)18-6-19-13(7)20-11-4-8(14)9(16)5-10(11)17/h4-6H,2-3H2,1H3,(H,18,19,20). The maximum absolute atomic E-state index is 13.7. The van der Waals surface area contributed by atoms with E-state index in [4.69, 9.17) is 11.6 Å². The number of hydrogen-bond donors (Lipinski definition) is 1. The van der Waals surface area contributed by atoms with Crippen molar-refractivity contribution in [1.29, 1.82) is 0 Å². The summed E-state index contributed by atoms with van der Waals surface area (Å²) in [5.74, 6) is -0.949. The molecule has 0 spiro atoms. The van der Waals surface area contributed by atoms with E-state index in [1.165, 1.54) is 12.4 Å². The minimum Gasteiger partial charge on any atom is -0.337 e. The number of hydrogen-bond acceptors (Lipinski definition) is 3. The molecular weight excluding hydrogens is 352 g/mol. The topological polar surface area (TPSA) is 37.8 Å². The molecule has 0 aliphatic carbocycles. The summed E-state index contributed by atoms with van der Waals surface area (Å²) in [6, 6.07) is 2.12. The fraction of sp³-hybridized carbons (Fsp3) is 0.231. The van der Waals surface area contributed by atoms with Gasteiger partial charge in [0.1, 0.15) is 28.9 Å². The van der Waals surface area contributed by atoms with Crippen LogP contribution >= 0.6 is 27.5 Å². The third-order valence-electron chi connectivity index (χ3n) is 2.66. The molecule has 106 valence electrons. The molecule has 0 radical (unpaired) electrons. The van der Waals surface area contributed by atoms with Crippen LogP contribution in [0.5, 0.6) is 0 Å². The van der Waals surface area contributed by atoms with Gasteiger partial charge in [-0.05, 0) is 28.4 Å². The first-order valence-electron chi connectivity index (χ1n) is 5.93. The van der Waals surface area contributed by atoms with Crippen LogP contribution < -0.4 is 5.32 Å². The lowest BCUT2D eigenvalue weighted by Crippen LogP contribution is -2.03. The van der Waals surface area contributed by atoms with Crippen LogP contribution in [0.3, 0.4) is 0 Å². The number of benzene rings is 1. The van der Waals surface area contributed by atoms with E-state index in [0.717, 1.165) is 12.5 Å². The molecule has 1 aromatic heterocycles. The highest BCUT2D eigenvalue weighted by Crippen LogP contribution is 2.29. The van der Waals surface area contributed by atoms with Crippen molar-refractivity contribution in [2.45, 2.75) is 19.8 Å². The van der Waals surface area contributed by atoms with Gasteiger partial charge in [0, 0.05) is 11.6 Å². The van der Waals surface area contributed by atoms with Gasteiger partial charge >= 0.3 is 0 Å². The molecule has 1 heterocycles. The van der Waals surface area contributed by atoms with Crippen LogP contribution in [0.25, 0.3) is 0 Å². The summed E-state index contributed by atoms with van der Waals surface area (Å²) in [7, 11) is 0. The minimum absolute atomic E-state index is 0.116. The van der Waals surface area contributed by atoms with E-state index in [1.54, 1.807) is 0 Å². The van der Waals surface area contributed by atoms with E-state index in [9.17, 15) is 8.78 Å². The van der Waals surface area contributed by atoms with Crippen LogP contribution in [-0.2, 0) is 6.42 Å². The summed E-state index contributed by atoms with van der Waals surface area (Å²) >= 11 is 9.03. The zero-order chi connectivity index (χ0) is 14.7. The van der Waals surface area contributed by atoms with Crippen molar-refractivity contribution < 1.29 is 8.78 Å². The van der Waals surface area contributed by atoms with Crippen molar-refractivity contribution in [1.82, 2.24) is 9.97 Å². The molecule has 1 aromatic carbocycles. The zero-order valence-corrected chi connectivity index (χ0v) is 12.9. The number of anilines is 2. The molecule has 0 saturated carbocycles. The van der Waals surface area contributed by atoms with E-state index < -0.39 is 11.6 Å². The van der Waals surface area contributed by atoms with Crippen molar-refractivity contribution in [3.63, 3.8) is 0 Å². The van der Waals surface area contributed by atoms with Crippen molar-refractivity contribution in [2.24, 2.45) is 0 Å². The molecule has 20 heavy (non-hydrogen) atoms. The molecule has 2 aromatic rings. The van der Waals surface area contributed by atoms with Crippen LogP contribution in [0, 0.1) is 11.6 Å². The van der Waals surface area contributed by atoms with Gasteiger partial charge in [0.15, 0.2) is 0 Å². The summed E-state index contributed by atoms with van der Waals surface area (Å²) in [6.07, 6.45) is 2.80. The fourth-order valence-electron chi connectivity index (χ4n) is 1.72. The van der Waals surface area contributed by atoms with Crippen LogP contribution in [0.2, 0.25) is 5.15 Å². The largest absolute Gasteiger partial charge is 0.337 e. The van der Waals surface area contributed by atoms with Gasteiger partial charge in [-0.25, -0.2) is 18.7 Å². The second-order valence-corrected chi connectivity index (χ2v) is 5.33. The number of nitrogens with zero attached hydrogens (tertiary/aromatic N) is 2. The Hall–Kier alpha value is -1.27. The second kappa shape index (κ2) is 6.45. The number of aromatic nitrogens is 2. The van der Waals surface area contributed by atoms with Gasteiger partial charge in [-0.2, -0.15) is 0 Å². The fourth-order valence-corrected chi connectivity index (χ4v) is 2.29. The van der Waals surface area contributed by atoms with E-state index in [-0.39, 0.29) is 10.2 Å². The lowest BCUT2D eigenvalue weighted by Gasteiger charge is -2.12. The van der Waals surface area contributed by atoms with Crippen molar-refractivity contribution >= 4 is 39.0 Å². The Morgan fingerprint density at radius 1 is 1.25 bits per heavy atom. The molecule has 0 atom stereocenters. The average Bonchev–Trinajstić information content (AvgIpc) is 2.40. The summed E-state index contributed by atoms with van der Waals surface area (Å²) in [6.45, 7) is 1.99. The number of rotatable bonds is 4. The highest BCUT2D eigenvalue weighted by atomic mass is 79.9. The summed E-state index contributed by atoms with van der Waals surface area (Å²) in [5, 5.41) is 3.15. The summed E-state index contributed by atoms with van der Waals surface area (Å²) in [5.41, 5.74) is 0.821. The monoisotopic (exact) mass is 361 g/mol. The maximum Gasteiger partial charge on any atom is 0.149 e. The normalized spacial score (nSPS) is 10.7. The van der Waals surface area contributed by atoms with Crippen LogP contribution in [0.4, 0.5) is 20.3 Å². The Bertz CT molecular complexity index is 637. The number of halogens is 4. The van der Waals surface area contributed by atoms with Crippen molar-refractivity contribution in [2.75, 3.05) is 5.32 Å². The third kappa shape index (κ3) is 3.24. The quantitative estimate of drug-likeness (QED) is 0.623. The van der Waals surface area contributed by atoms with Gasteiger partial charge in [-0.1, -0.05) is 24.9 Å². The molecule has 0 bridgehead atoms. The lowest BCUT2D eigenvalue weighted by atomic mass is 10.2. The molecule has 0 aliphatic heterocycles. The molecular formula is C13H11BrClF2N3. The first-order valence-corrected chi connectivity index (χ1v) is 7.11. The smallest absolute Gasteiger partial charge is 0.149 e. The average molecular weight is 363 g/mol. The molecule has 7 heteroatoms. The highest BCUT2D eigenvalue weighted by molar-refractivity contribution is 9.10. The Balaban J connectivity index is 2.40. The lowest BCUT2D eigenvalue weighted by molar-refractivity contribution is 0.581. The van der Waals surface area contributed by atoms with E-state index >= 15 is 0 Å². The van der Waals surface area contributed by atoms with Gasteiger partial charge in [0.2, 0.25) is 0 Å². The SMILES string of the molecule is CCCc1c(Cl)ncnc1Nc1cc(Br)c(F)cc1F. The Morgan fingerprint density at radius 3 is 2.70 bits per heavy atom. The van der Waals surface area contributed by atoms with E-state index in [0.29, 0.717) is 23.0 Å². The molecule has 0 fully saturated rings. The Kier molecular flexibility index (Phi) is 4.88. The van der Waals surface area contributed by atoms with Crippen molar-refractivity contribution in [3.8, 4) is 0 Å². The zero-order valence-electron chi connectivity index (χ0n) is 10.6. The molecule has 0 amide bonds. The van der Waals surface area contributed by atoms with E-state index in [2.05, 4.69) is 31.2 Å². The molecule has 0 saturated heterocycles. The van der Waals surface area contributed by atoms with Crippen molar-refractivity contribution in [3.05, 3.63) is 45.3 Å². The molecule has 0 aliphatic rings. The van der Waals surface area contributed by atoms with Gasteiger partial charge < -0.3 is 5.32 Å². The summed E-state index contributed by atoms with van der Waals surface area (Å²) in [4.78, 5) is 7.97. The molecule has 2 rings (SSSR count). The first kappa shape index (κ1) is 15.1.